The quantitative estimate of drug-likeness (QED) is 0.557. The van der Waals surface area contributed by atoms with Crippen molar-refractivity contribution in [2.75, 3.05) is 0 Å². The smallest absolute Gasteiger partial charge is 0.277 e. The normalized spacial score (nSPS) is 14.4. The van der Waals surface area contributed by atoms with Crippen molar-refractivity contribution in [1.82, 2.24) is 10.3 Å². The first-order valence-corrected chi connectivity index (χ1v) is 3.51. The van der Waals surface area contributed by atoms with Gasteiger partial charge in [-0.15, -0.1) is 0 Å². The van der Waals surface area contributed by atoms with E-state index in [0.717, 1.165) is 5.56 Å². The molecule has 2 rings (SSSR count). The van der Waals surface area contributed by atoms with Crippen LogP contribution in [0.5, 0.6) is 0 Å². The maximum Gasteiger partial charge on any atom is 0.277 e. The number of rotatable bonds is 0. The van der Waals surface area contributed by atoms with Gasteiger partial charge < -0.3 is 0 Å². The maximum absolute atomic E-state index is 11.1. The summed E-state index contributed by atoms with van der Waals surface area (Å²) in [5.41, 5.74) is 1.48. The van der Waals surface area contributed by atoms with E-state index in [1.165, 1.54) is 0 Å². The van der Waals surface area contributed by atoms with Crippen molar-refractivity contribution in [2.24, 2.45) is 0 Å². The lowest BCUT2D eigenvalue weighted by molar-refractivity contribution is 0.0878. The highest BCUT2D eigenvalue weighted by atomic mass is 16.2. The first-order chi connectivity index (χ1) is 5.68. The molecule has 0 bridgehead atoms. The third kappa shape index (κ3) is 0.812. The van der Waals surface area contributed by atoms with Gasteiger partial charge in [0.05, 0.1) is 5.56 Å². The molecule has 60 valence electrons. The summed E-state index contributed by atoms with van der Waals surface area (Å²) in [4.78, 5) is 25.9. The van der Waals surface area contributed by atoms with Gasteiger partial charge >= 0.3 is 0 Å². The minimum atomic E-state index is -0.407. The zero-order valence-corrected chi connectivity index (χ0v) is 6.42. The SMILES string of the molecule is Cc1cnc2c(c1)C(=O)NC2=O. The van der Waals surface area contributed by atoms with E-state index in [-0.39, 0.29) is 11.6 Å². The molecule has 1 aliphatic rings. The molecule has 1 aromatic heterocycles. The number of hydrogen-bond acceptors (Lipinski definition) is 3. The Morgan fingerprint density at radius 1 is 1.33 bits per heavy atom. The van der Waals surface area contributed by atoms with Gasteiger partial charge in [-0.3, -0.25) is 14.9 Å². The van der Waals surface area contributed by atoms with Crippen LogP contribution in [0.1, 0.15) is 26.4 Å². The first-order valence-electron chi connectivity index (χ1n) is 3.51. The number of carbonyl (C=O) groups excluding carboxylic acids is 2. The fourth-order valence-electron chi connectivity index (χ4n) is 1.15. The Bertz CT molecular complexity index is 385. The first kappa shape index (κ1) is 6.97. The van der Waals surface area contributed by atoms with Crippen molar-refractivity contribution in [3.05, 3.63) is 29.1 Å². The average Bonchev–Trinajstić information content (AvgIpc) is 2.28. The molecule has 1 aliphatic heterocycles. The van der Waals surface area contributed by atoms with E-state index >= 15 is 0 Å². The van der Waals surface area contributed by atoms with Crippen LogP contribution < -0.4 is 5.32 Å². The van der Waals surface area contributed by atoms with E-state index in [4.69, 9.17) is 0 Å². The molecular formula is C8H6N2O2. The number of nitrogens with one attached hydrogen (secondary N) is 1. The second kappa shape index (κ2) is 2.14. The molecule has 0 aliphatic carbocycles. The standard InChI is InChI=1S/C8H6N2O2/c1-4-2-5-6(9-3-4)8(12)10-7(5)11/h2-3H,1H3,(H,10,11,12). The molecular weight excluding hydrogens is 156 g/mol. The highest BCUT2D eigenvalue weighted by Crippen LogP contribution is 2.13. The Kier molecular flexibility index (Phi) is 1.24. The zero-order chi connectivity index (χ0) is 8.72. The fourth-order valence-corrected chi connectivity index (χ4v) is 1.15. The van der Waals surface area contributed by atoms with E-state index in [9.17, 15) is 9.59 Å². The molecule has 0 aromatic carbocycles. The second-order valence-electron chi connectivity index (χ2n) is 2.69. The average molecular weight is 162 g/mol. The Hall–Kier alpha value is -1.71. The molecule has 2 heterocycles. The van der Waals surface area contributed by atoms with Crippen LogP contribution in [0.15, 0.2) is 12.3 Å². The summed E-state index contributed by atoms with van der Waals surface area (Å²) in [6, 6.07) is 1.66. The van der Waals surface area contributed by atoms with Crippen LogP contribution in [0.4, 0.5) is 0 Å². The maximum atomic E-state index is 11.1. The molecule has 4 heteroatoms. The van der Waals surface area contributed by atoms with Crippen LogP contribution >= 0.6 is 0 Å². The minimum Gasteiger partial charge on any atom is -0.287 e. The number of imide groups is 1. The number of fused-ring (bicyclic) bond motifs is 1. The van der Waals surface area contributed by atoms with E-state index < -0.39 is 5.91 Å². The van der Waals surface area contributed by atoms with Crippen LogP contribution in [0.25, 0.3) is 0 Å². The van der Waals surface area contributed by atoms with Gasteiger partial charge in [-0.2, -0.15) is 0 Å². The van der Waals surface area contributed by atoms with Crippen LogP contribution in [-0.4, -0.2) is 16.8 Å². The second-order valence-corrected chi connectivity index (χ2v) is 2.69. The lowest BCUT2D eigenvalue weighted by Crippen LogP contribution is -2.20. The molecule has 0 spiro atoms. The van der Waals surface area contributed by atoms with Gasteiger partial charge in [0.2, 0.25) is 0 Å². The molecule has 0 atom stereocenters. The molecule has 0 saturated carbocycles. The molecule has 1 N–H and O–H groups in total. The van der Waals surface area contributed by atoms with Gasteiger partial charge in [0.1, 0.15) is 5.69 Å². The zero-order valence-electron chi connectivity index (χ0n) is 6.42. The Labute approximate surface area is 68.6 Å². The topological polar surface area (TPSA) is 59.1 Å². The van der Waals surface area contributed by atoms with Crippen molar-refractivity contribution in [2.45, 2.75) is 6.92 Å². The monoisotopic (exact) mass is 162 g/mol. The molecule has 4 nitrogen and oxygen atoms in total. The predicted octanol–water partition coefficient (Wildman–Crippen LogP) is 0.274. The summed E-state index contributed by atoms with van der Waals surface area (Å²) in [6.45, 7) is 1.82. The van der Waals surface area contributed by atoms with Crippen LogP contribution in [0.2, 0.25) is 0 Å². The number of carbonyl (C=O) groups is 2. The number of hydrogen-bond donors (Lipinski definition) is 1. The van der Waals surface area contributed by atoms with Gasteiger partial charge in [0.25, 0.3) is 11.8 Å². The van der Waals surface area contributed by atoms with E-state index in [0.29, 0.717) is 5.56 Å². The number of aryl methyl sites for hydroxylation is 1. The fraction of sp³-hybridized carbons (Fsp3) is 0.125. The Morgan fingerprint density at radius 2 is 2.08 bits per heavy atom. The molecule has 0 radical (unpaired) electrons. The van der Waals surface area contributed by atoms with Crippen molar-refractivity contribution >= 4 is 11.8 Å². The van der Waals surface area contributed by atoms with Crippen molar-refractivity contribution in [1.29, 1.82) is 0 Å². The predicted molar refractivity (Wildman–Crippen MR) is 40.8 cm³/mol. The summed E-state index contributed by atoms with van der Waals surface area (Å²) in [5, 5.41) is 2.17. The number of aromatic nitrogens is 1. The summed E-state index contributed by atoms with van der Waals surface area (Å²) in [7, 11) is 0. The van der Waals surface area contributed by atoms with Crippen molar-refractivity contribution < 1.29 is 9.59 Å². The Morgan fingerprint density at radius 3 is 2.83 bits per heavy atom. The lowest BCUT2D eigenvalue weighted by Gasteiger charge is -1.93. The summed E-state index contributed by atoms with van der Waals surface area (Å²) in [6.07, 6.45) is 1.57. The molecule has 0 unspecified atom stereocenters. The molecule has 0 fully saturated rings. The Balaban J connectivity index is 2.68. The molecule has 0 saturated heterocycles. The highest BCUT2D eigenvalue weighted by molar-refractivity contribution is 6.20. The lowest BCUT2D eigenvalue weighted by atomic mass is 10.2. The van der Waals surface area contributed by atoms with Crippen molar-refractivity contribution in [3.8, 4) is 0 Å². The summed E-state index contributed by atoms with van der Waals surface area (Å²) < 4.78 is 0. The van der Waals surface area contributed by atoms with Crippen molar-refractivity contribution in [3.63, 3.8) is 0 Å². The van der Waals surface area contributed by atoms with E-state index in [1.54, 1.807) is 12.3 Å². The van der Waals surface area contributed by atoms with Crippen LogP contribution in [0.3, 0.4) is 0 Å². The number of amides is 2. The molecule has 1 aromatic rings. The van der Waals surface area contributed by atoms with Gasteiger partial charge in [-0.05, 0) is 18.6 Å². The third-order valence-electron chi connectivity index (χ3n) is 1.71. The van der Waals surface area contributed by atoms with Crippen LogP contribution in [0, 0.1) is 6.92 Å². The summed E-state index contributed by atoms with van der Waals surface area (Å²) >= 11 is 0. The van der Waals surface area contributed by atoms with E-state index in [2.05, 4.69) is 10.3 Å². The summed E-state index contributed by atoms with van der Waals surface area (Å²) in [5.74, 6) is -0.763. The van der Waals surface area contributed by atoms with Gasteiger partial charge in [-0.1, -0.05) is 0 Å². The molecule has 12 heavy (non-hydrogen) atoms. The number of nitrogens with zero attached hydrogens (tertiary/aromatic N) is 1. The number of pyridine rings is 1. The highest BCUT2D eigenvalue weighted by Gasteiger charge is 2.27. The van der Waals surface area contributed by atoms with Gasteiger partial charge in [-0.25, -0.2) is 4.98 Å². The van der Waals surface area contributed by atoms with E-state index in [1.807, 2.05) is 6.92 Å². The van der Waals surface area contributed by atoms with Crippen LogP contribution in [-0.2, 0) is 0 Å². The van der Waals surface area contributed by atoms with Gasteiger partial charge in [0, 0.05) is 6.20 Å². The third-order valence-corrected chi connectivity index (χ3v) is 1.71. The minimum absolute atomic E-state index is 0.227. The molecule has 2 amide bonds. The largest absolute Gasteiger partial charge is 0.287 e. The van der Waals surface area contributed by atoms with Gasteiger partial charge in [0.15, 0.2) is 0 Å².